The topological polar surface area (TPSA) is 65.9 Å². The Labute approximate surface area is 277 Å². The van der Waals surface area contributed by atoms with E-state index in [9.17, 15) is 9.90 Å². The molecule has 0 aliphatic carbocycles. The van der Waals surface area contributed by atoms with E-state index < -0.39 is 0 Å². The average molecular weight is 764 g/mol. The van der Waals surface area contributed by atoms with Gasteiger partial charge in [-0.05, 0) is 48.0 Å². The molecule has 0 unspecified atom stereocenters. The van der Waals surface area contributed by atoms with Crippen molar-refractivity contribution < 1.29 is 30.0 Å². The predicted molar refractivity (Wildman–Crippen MR) is 183 cm³/mol. The van der Waals surface area contributed by atoms with Crippen molar-refractivity contribution >= 4 is 27.3 Å². The van der Waals surface area contributed by atoms with Gasteiger partial charge in [0.15, 0.2) is 5.78 Å². The van der Waals surface area contributed by atoms with Crippen LogP contribution >= 0.6 is 0 Å². The Morgan fingerprint density at radius 3 is 1.32 bits per heavy atom. The van der Waals surface area contributed by atoms with Crippen molar-refractivity contribution in [2.45, 2.75) is 43.6 Å². The first-order valence-electron chi connectivity index (χ1n) is 12.5. The van der Waals surface area contributed by atoms with Gasteiger partial charge in [-0.25, -0.2) is 0 Å². The van der Waals surface area contributed by atoms with E-state index in [1.807, 2.05) is 97.3 Å². The number of benzene rings is 4. The maximum Gasteiger partial charge on any atom is 0.151 e. The first kappa shape index (κ1) is 41.7. The van der Waals surface area contributed by atoms with Crippen LogP contribution in [0.2, 0.25) is 0 Å². The summed E-state index contributed by atoms with van der Waals surface area (Å²) in [6.45, 7) is 2.70. The molecule has 0 aliphatic rings. The van der Waals surface area contributed by atoms with Gasteiger partial charge in [0, 0.05) is 54.4 Å². The van der Waals surface area contributed by atoms with Crippen LogP contribution in [0, 0.1) is 12.1 Å². The Morgan fingerprint density at radius 1 is 0.614 bits per heavy atom. The Hall–Kier alpha value is -4.44. The number of aromatic nitrogens is 2. The number of carbonyl (C=O) groups excluding carboxylic acids is 1. The average Bonchev–Trinajstić information content (AvgIpc) is 2.97. The number of pyridine rings is 2. The maximum absolute atomic E-state index is 9.98. The quantitative estimate of drug-likeness (QED) is 0.133. The third-order valence-electron chi connectivity index (χ3n) is 5.68. The molecule has 0 spiro atoms. The van der Waals surface area contributed by atoms with Crippen LogP contribution in [0.3, 0.4) is 0 Å². The minimum absolute atomic E-state index is 0. The second-order valence-corrected chi connectivity index (χ2v) is 8.68. The summed E-state index contributed by atoms with van der Waals surface area (Å²) in [7, 11) is 0. The van der Waals surface area contributed by atoms with E-state index in [0.29, 0.717) is 0 Å². The van der Waals surface area contributed by atoms with E-state index in [-0.39, 0.29) is 61.4 Å². The molecule has 3 radical (unpaired) electrons. The molecule has 0 saturated heterocycles. The molecule has 0 saturated carbocycles. The number of hydrogen-bond acceptors (Lipinski definition) is 4. The zero-order valence-corrected chi connectivity index (χ0v) is 24.6. The van der Waals surface area contributed by atoms with Crippen LogP contribution in [-0.4, -0.2) is 15.8 Å². The number of ketones is 1. The molecule has 5 heteroatoms. The van der Waals surface area contributed by atoms with E-state index in [4.69, 9.17) is 0 Å². The van der Waals surface area contributed by atoms with Crippen molar-refractivity contribution in [1.82, 2.24) is 9.97 Å². The fourth-order valence-electron chi connectivity index (χ4n) is 4.04. The van der Waals surface area contributed by atoms with Crippen molar-refractivity contribution in [2.24, 2.45) is 0 Å². The fraction of sp³-hybridized carbons (Fsp3) is 0.154. The summed E-state index contributed by atoms with van der Waals surface area (Å²) in [6.07, 6.45) is 4.75. The van der Waals surface area contributed by atoms with E-state index >= 15 is 0 Å². The number of fused-ring (bicyclic) bond motifs is 2. The van der Waals surface area contributed by atoms with E-state index in [1.54, 1.807) is 0 Å². The Balaban J connectivity index is 0. The number of hydrogen-bond donors (Lipinski definition) is 0. The number of rotatable bonds is 3. The molecule has 6 aromatic rings. The second-order valence-electron chi connectivity index (χ2n) is 8.68. The van der Waals surface area contributed by atoms with Crippen molar-refractivity contribution in [3.05, 3.63) is 146 Å². The molecule has 44 heavy (non-hydrogen) atoms. The molecule has 6 rings (SSSR count). The van der Waals surface area contributed by atoms with Crippen LogP contribution in [-0.2, 0) is 24.9 Å². The molecule has 2 heterocycles. The summed E-state index contributed by atoms with van der Waals surface area (Å²) >= 11 is 0. The van der Waals surface area contributed by atoms with Gasteiger partial charge >= 0.3 is 0 Å². The number of nitrogens with zero attached hydrogens (tertiary/aromatic N) is 2. The van der Waals surface area contributed by atoms with Crippen LogP contribution in [0.4, 0.5) is 0 Å². The predicted octanol–water partition coefficient (Wildman–Crippen LogP) is 9.79. The van der Waals surface area contributed by atoms with Gasteiger partial charge in [0.05, 0.1) is 11.4 Å². The van der Waals surface area contributed by atoms with Gasteiger partial charge in [-0.1, -0.05) is 134 Å². The Bertz CT molecular complexity index is 1570. The summed E-state index contributed by atoms with van der Waals surface area (Å²) < 4.78 is 0. The molecule has 2 aromatic heterocycles. The van der Waals surface area contributed by atoms with Crippen LogP contribution in [0.15, 0.2) is 133 Å². The maximum atomic E-state index is 9.98. The van der Waals surface area contributed by atoms with E-state index in [2.05, 4.69) is 46.4 Å². The van der Waals surface area contributed by atoms with Crippen LogP contribution < -0.4 is 5.11 Å². The first-order chi connectivity index (χ1) is 19.0. The zero-order chi connectivity index (χ0) is 27.5. The van der Waals surface area contributed by atoms with Crippen LogP contribution in [0.1, 0.15) is 43.6 Å². The molecular formula is C39H43IrN2O2-. The minimum Gasteiger partial charge on any atom is -0.876 e. The van der Waals surface area contributed by atoms with Crippen LogP contribution in [0.25, 0.3) is 44.1 Å². The largest absolute Gasteiger partial charge is 0.876 e. The minimum atomic E-state index is -0.187. The molecule has 0 amide bonds. The van der Waals surface area contributed by atoms with Gasteiger partial charge in [-0.15, -0.1) is 5.76 Å². The third kappa shape index (κ3) is 11.7. The smallest absolute Gasteiger partial charge is 0.151 e. The third-order valence-corrected chi connectivity index (χ3v) is 5.68. The van der Waals surface area contributed by atoms with E-state index in [0.717, 1.165) is 28.6 Å². The molecule has 231 valence electrons. The van der Waals surface area contributed by atoms with Crippen LogP contribution in [0.5, 0.6) is 0 Å². The van der Waals surface area contributed by atoms with Gasteiger partial charge in [0.2, 0.25) is 0 Å². The first-order valence-corrected chi connectivity index (χ1v) is 12.5. The van der Waals surface area contributed by atoms with Gasteiger partial charge in [-0.3, -0.25) is 14.8 Å². The summed E-state index contributed by atoms with van der Waals surface area (Å²) in [5, 5.41) is 14.8. The van der Waals surface area contributed by atoms with Gasteiger partial charge in [0.25, 0.3) is 0 Å². The monoisotopic (exact) mass is 764 g/mol. The van der Waals surface area contributed by atoms with Gasteiger partial charge < -0.3 is 5.11 Å². The molecule has 4 nitrogen and oxygen atoms in total. The zero-order valence-electron chi connectivity index (χ0n) is 22.2. The molecule has 0 aliphatic heterocycles. The summed E-state index contributed by atoms with van der Waals surface area (Å²) in [4.78, 5) is 18.9. The van der Waals surface area contributed by atoms with Gasteiger partial charge in [-0.2, -0.15) is 0 Å². The summed E-state index contributed by atoms with van der Waals surface area (Å²) in [6, 6.07) is 42.9. The SMILES string of the molecule is C.C.C.C.CC(=O)C=C(C)[O-].[Ir].[c]1ccccc1-c1nccc2ccccc12.[c]1ccccc1-c1nccc2ccccc12. The summed E-state index contributed by atoms with van der Waals surface area (Å²) in [5.74, 6) is -0.375. The summed E-state index contributed by atoms with van der Waals surface area (Å²) in [5.41, 5.74) is 4.08. The van der Waals surface area contributed by atoms with Crippen molar-refractivity contribution in [3.8, 4) is 22.5 Å². The van der Waals surface area contributed by atoms with Gasteiger partial charge in [0.1, 0.15) is 0 Å². The molecular weight excluding hydrogens is 721 g/mol. The molecule has 4 aromatic carbocycles. The molecule has 0 bridgehead atoms. The number of allylic oxidation sites excluding steroid dienone is 2. The van der Waals surface area contributed by atoms with Crippen molar-refractivity contribution in [3.63, 3.8) is 0 Å². The van der Waals surface area contributed by atoms with E-state index in [1.165, 1.54) is 35.4 Å². The molecule has 0 atom stereocenters. The number of carbonyl (C=O) groups is 1. The fourth-order valence-corrected chi connectivity index (χ4v) is 4.04. The van der Waals surface area contributed by atoms with Crippen molar-refractivity contribution in [2.75, 3.05) is 0 Å². The normalized spacial score (nSPS) is 9.45. The second kappa shape index (κ2) is 21.3. The molecule has 0 N–H and O–H groups in total. The Kier molecular flexibility index (Phi) is 20.2. The standard InChI is InChI=1S/2C15H10N.C5H8O2.4CH4.Ir/c2*1-2-7-13(8-3-1)15-14-9-5-4-6-12(14)10-11-16-15;1-4(6)3-5(2)7;;;;;/h2*1-7,9-11H;3,6H,1-2H3;4*1H4;/p-1. The van der Waals surface area contributed by atoms with Crippen molar-refractivity contribution in [1.29, 1.82) is 0 Å². The molecule has 0 fully saturated rings. The Morgan fingerprint density at radius 2 is 1.00 bits per heavy atom.